The van der Waals surface area contributed by atoms with Crippen LogP contribution in [0.1, 0.15) is 42.4 Å². The van der Waals surface area contributed by atoms with Crippen LogP contribution in [0, 0.1) is 13.8 Å². The molecule has 0 saturated carbocycles. The van der Waals surface area contributed by atoms with Crippen molar-refractivity contribution in [2.75, 3.05) is 7.05 Å². The van der Waals surface area contributed by atoms with Crippen molar-refractivity contribution < 1.29 is 0 Å². The number of rotatable bonds is 4. The molecule has 1 heterocycles. The highest BCUT2D eigenvalue weighted by Crippen LogP contribution is 2.24. The molecule has 0 bridgehead atoms. The number of para-hydroxylation sites is 1. The third-order valence-corrected chi connectivity index (χ3v) is 3.86. The first kappa shape index (κ1) is 13.8. The fourth-order valence-electron chi connectivity index (χ4n) is 2.62. The lowest BCUT2D eigenvalue weighted by molar-refractivity contribution is 0.642. The SMILES string of the molecule is CCc1c(C)nn(-c2ccccc2C(C)NC)c1C. The van der Waals surface area contributed by atoms with Crippen molar-refractivity contribution in [3.05, 3.63) is 46.8 Å². The lowest BCUT2D eigenvalue weighted by atomic mass is 10.1. The van der Waals surface area contributed by atoms with Gasteiger partial charge in [0.05, 0.1) is 11.4 Å². The van der Waals surface area contributed by atoms with Crippen molar-refractivity contribution in [3.63, 3.8) is 0 Å². The van der Waals surface area contributed by atoms with Gasteiger partial charge in [0.2, 0.25) is 0 Å². The van der Waals surface area contributed by atoms with Gasteiger partial charge in [0, 0.05) is 11.7 Å². The van der Waals surface area contributed by atoms with Gasteiger partial charge < -0.3 is 5.32 Å². The van der Waals surface area contributed by atoms with E-state index in [4.69, 9.17) is 5.10 Å². The Labute approximate surface area is 115 Å². The van der Waals surface area contributed by atoms with Gasteiger partial charge in [-0.05, 0) is 51.4 Å². The summed E-state index contributed by atoms with van der Waals surface area (Å²) in [6.07, 6.45) is 1.03. The molecule has 2 rings (SSSR count). The highest BCUT2D eigenvalue weighted by molar-refractivity contribution is 5.45. The second-order valence-electron chi connectivity index (χ2n) is 4.98. The van der Waals surface area contributed by atoms with E-state index >= 15 is 0 Å². The van der Waals surface area contributed by atoms with Crippen LogP contribution in [0.15, 0.2) is 24.3 Å². The van der Waals surface area contributed by atoms with Crippen molar-refractivity contribution in [3.8, 4) is 5.69 Å². The molecular formula is C16H23N3. The molecule has 1 aromatic heterocycles. The van der Waals surface area contributed by atoms with E-state index in [9.17, 15) is 0 Å². The van der Waals surface area contributed by atoms with Crippen LogP contribution in [0.5, 0.6) is 0 Å². The van der Waals surface area contributed by atoms with Crippen LogP contribution in [0.2, 0.25) is 0 Å². The van der Waals surface area contributed by atoms with Gasteiger partial charge in [-0.25, -0.2) is 4.68 Å². The summed E-state index contributed by atoms with van der Waals surface area (Å²) in [7, 11) is 1.99. The average Bonchev–Trinajstić information content (AvgIpc) is 2.72. The smallest absolute Gasteiger partial charge is 0.0696 e. The molecule has 0 aliphatic rings. The monoisotopic (exact) mass is 257 g/mol. The minimum absolute atomic E-state index is 0.310. The fourth-order valence-corrected chi connectivity index (χ4v) is 2.62. The molecule has 19 heavy (non-hydrogen) atoms. The summed E-state index contributed by atoms with van der Waals surface area (Å²) >= 11 is 0. The predicted molar refractivity (Wildman–Crippen MR) is 79.9 cm³/mol. The first-order valence-electron chi connectivity index (χ1n) is 6.91. The summed E-state index contributed by atoms with van der Waals surface area (Å²) in [6, 6.07) is 8.77. The van der Waals surface area contributed by atoms with Crippen LogP contribution in [0.25, 0.3) is 5.69 Å². The molecule has 0 aliphatic carbocycles. The van der Waals surface area contributed by atoms with Gasteiger partial charge in [0.25, 0.3) is 0 Å². The first-order valence-corrected chi connectivity index (χ1v) is 6.91. The number of hydrogen-bond donors (Lipinski definition) is 1. The van der Waals surface area contributed by atoms with Gasteiger partial charge in [-0.3, -0.25) is 0 Å². The van der Waals surface area contributed by atoms with E-state index in [2.05, 4.69) is 62.0 Å². The number of nitrogens with one attached hydrogen (secondary N) is 1. The van der Waals surface area contributed by atoms with Gasteiger partial charge in [-0.15, -0.1) is 0 Å². The Bertz CT molecular complexity index is 569. The maximum Gasteiger partial charge on any atom is 0.0696 e. The number of nitrogens with zero attached hydrogens (tertiary/aromatic N) is 2. The van der Waals surface area contributed by atoms with Crippen molar-refractivity contribution in [2.24, 2.45) is 0 Å². The second kappa shape index (κ2) is 5.57. The molecule has 0 aliphatic heterocycles. The van der Waals surface area contributed by atoms with E-state index < -0.39 is 0 Å². The summed E-state index contributed by atoms with van der Waals surface area (Å²) < 4.78 is 2.08. The Morgan fingerprint density at radius 3 is 2.53 bits per heavy atom. The summed E-state index contributed by atoms with van der Waals surface area (Å²) in [5.74, 6) is 0. The number of aryl methyl sites for hydroxylation is 1. The number of aromatic nitrogens is 2. The molecule has 0 fully saturated rings. The third-order valence-electron chi connectivity index (χ3n) is 3.86. The molecule has 1 atom stereocenters. The van der Waals surface area contributed by atoms with Crippen molar-refractivity contribution in [2.45, 2.75) is 40.2 Å². The Morgan fingerprint density at radius 2 is 1.95 bits per heavy atom. The second-order valence-corrected chi connectivity index (χ2v) is 4.98. The van der Waals surface area contributed by atoms with Gasteiger partial charge in [-0.2, -0.15) is 5.10 Å². The van der Waals surface area contributed by atoms with E-state index in [-0.39, 0.29) is 0 Å². The maximum atomic E-state index is 4.72. The fraction of sp³-hybridized carbons (Fsp3) is 0.438. The molecule has 0 spiro atoms. The Balaban J connectivity index is 2.59. The molecule has 1 N–H and O–H groups in total. The quantitative estimate of drug-likeness (QED) is 0.910. The van der Waals surface area contributed by atoms with Crippen LogP contribution >= 0.6 is 0 Å². The molecule has 102 valence electrons. The van der Waals surface area contributed by atoms with Crippen molar-refractivity contribution in [1.82, 2.24) is 15.1 Å². The Morgan fingerprint density at radius 1 is 1.26 bits per heavy atom. The molecule has 3 nitrogen and oxygen atoms in total. The average molecular weight is 257 g/mol. The third kappa shape index (κ3) is 2.43. The zero-order chi connectivity index (χ0) is 14.0. The molecule has 0 amide bonds. The van der Waals surface area contributed by atoms with E-state index in [1.165, 1.54) is 22.5 Å². The van der Waals surface area contributed by atoms with E-state index in [1.54, 1.807) is 0 Å². The summed E-state index contributed by atoms with van der Waals surface area (Å²) in [5.41, 5.74) is 6.18. The minimum Gasteiger partial charge on any atom is -0.313 e. The van der Waals surface area contributed by atoms with Gasteiger partial charge >= 0.3 is 0 Å². The van der Waals surface area contributed by atoms with E-state index in [0.29, 0.717) is 6.04 Å². The lowest BCUT2D eigenvalue weighted by Gasteiger charge is -2.16. The van der Waals surface area contributed by atoms with Crippen LogP contribution < -0.4 is 5.32 Å². The van der Waals surface area contributed by atoms with Gasteiger partial charge in [-0.1, -0.05) is 25.1 Å². The van der Waals surface area contributed by atoms with Crippen LogP contribution in [0.3, 0.4) is 0 Å². The van der Waals surface area contributed by atoms with Gasteiger partial charge in [0.1, 0.15) is 0 Å². The summed E-state index contributed by atoms with van der Waals surface area (Å²) in [5, 5.41) is 8.02. The van der Waals surface area contributed by atoms with E-state index in [0.717, 1.165) is 12.1 Å². The molecule has 0 saturated heterocycles. The van der Waals surface area contributed by atoms with Crippen LogP contribution in [-0.4, -0.2) is 16.8 Å². The topological polar surface area (TPSA) is 29.9 Å². The molecule has 1 aromatic carbocycles. The van der Waals surface area contributed by atoms with Gasteiger partial charge in [0.15, 0.2) is 0 Å². The van der Waals surface area contributed by atoms with E-state index in [1.807, 2.05) is 7.05 Å². The zero-order valence-corrected chi connectivity index (χ0v) is 12.5. The van der Waals surface area contributed by atoms with Crippen LogP contribution in [0.4, 0.5) is 0 Å². The highest BCUT2D eigenvalue weighted by atomic mass is 15.3. The lowest BCUT2D eigenvalue weighted by Crippen LogP contribution is -2.15. The molecule has 1 unspecified atom stereocenters. The first-order chi connectivity index (χ1) is 9.10. The number of hydrogen-bond acceptors (Lipinski definition) is 2. The number of benzene rings is 1. The maximum absolute atomic E-state index is 4.72. The zero-order valence-electron chi connectivity index (χ0n) is 12.5. The summed E-state index contributed by atoms with van der Waals surface area (Å²) in [6.45, 7) is 8.60. The van der Waals surface area contributed by atoms with Crippen LogP contribution in [-0.2, 0) is 6.42 Å². The highest BCUT2D eigenvalue weighted by Gasteiger charge is 2.15. The molecule has 0 radical (unpaired) electrons. The van der Waals surface area contributed by atoms with Crippen molar-refractivity contribution in [1.29, 1.82) is 0 Å². The molecule has 2 aromatic rings. The summed E-state index contributed by atoms with van der Waals surface area (Å²) in [4.78, 5) is 0. The molecular weight excluding hydrogens is 234 g/mol. The normalized spacial score (nSPS) is 12.7. The predicted octanol–water partition coefficient (Wildman–Crippen LogP) is 3.33. The Hall–Kier alpha value is -1.61. The standard InChI is InChI=1S/C16H23N3/c1-6-14-12(3)18-19(13(14)4)16-10-8-7-9-15(16)11(2)17-5/h7-11,17H,6H2,1-5H3. The largest absolute Gasteiger partial charge is 0.313 e. The Kier molecular flexibility index (Phi) is 4.05. The minimum atomic E-state index is 0.310. The molecule has 3 heteroatoms. The van der Waals surface area contributed by atoms with Crippen molar-refractivity contribution >= 4 is 0 Å².